The van der Waals surface area contributed by atoms with E-state index in [1.807, 2.05) is 17.0 Å². The molecule has 2 aliphatic heterocycles. The summed E-state index contributed by atoms with van der Waals surface area (Å²) >= 11 is 0. The van der Waals surface area contributed by atoms with Crippen molar-refractivity contribution < 1.29 is 14.3 Å². The van der Waals surface area contributed by atoms with Crippen LogP contribution < -0.4 is 5.32 Å². The van der Waals surface area contributed by atoms with Crippen LogP contribution in [-0.4, -0.2) is 42.1 Å². The summed E-state index contributed by atoms with van der Waals surface area (Å²) in [5, 5.41) is 12.2. The molecule has 0 unspecified atom stereocenters. The lowest BCUT2D eigenvalue weighted by atomic mass is 9.88. The molecule has 1 saturated heterocycles. The molecule has 1 N–H and O–H groups in total. The Labute approximate surface area is 152 Å². The number of nitriles is 1. The maximum atomic E-state index is 12.7. The van der Waals surface area contributed by atoms with Crippen LogP contribution in [0, 0.1) is 11.3 Å². The van der Waals surface area contributed by atoms with Crippen LogP contribution >= 0.6 is 0 Å². The van der Waals surface area contributed by atoms with Crippen molar-refractivity contribution in [2.75, 3.05) is 7.11 Å². The van der Waals surface area contributed by atoms with Crippen LogP contribution in [0.15, 0.2) is 29.8 Å². The second kappa shape index (κ2) is 6.49. The van der Waals surface area contributed by atoms with Crippen molar-refractivity contribution >= 4 is 17.6 Å². The first-order valence-corrected chi connectivity index (χ1v) is 9.03. The number of carbonyl (C=O) groups excluding carboxylic acids is 2. The van der Waals surface area contributed by atoms with E-state index >= 15 is 0 Å². The Balaban J connectivity index is 1.74. The zero-order valence-corrected chi connectivity index (χ0v) is 14.7. The fourth-order valence-electron chi connectivity index (χ4n) is 4.12. The zero-order chi connectivity index (χ0) is 18.3. The van der Waals surface area contributed by atoms with Crippen molar-refractivity contribution in [1.29, 1.82) is 5.26 Å². The highest BCUT2D eigenvalue weighted by Gasteiger charge is 2.47. The van der Waals surface area contributed by atoms with Gasteiger partial charge in [-0.25, -0.2) is 9.59 Å². The number of hydrogen-bond acceptors (Lipinski definition) is 4. The molecule has 2 fully saturated rings. The first-order chi connectivity index (χ1) is 12.6. The Bertz CT molecular complexity index is 835. The summed E-state index contributed by atoms with van der Waals surface area (Å²) in [5.41, 5.74) is 2.88. The number of fused-ring (bicyclic) bond motifs is 2. The molecule has 3 aliphatic rings. The van der Waals surface area contributed by atoms with E-state index in [4.69, 9.17) is 4.74 Å². The van der Waals surface area contributed by atoms with E-state index in [1.165, 1.54) is 7.11 Å². The van der Waals surface area contributed by atoms with Gasteiger partial charge < -0.3 is 15.0 Å². The van der Waals surface area contributed by atoms with Gasteiger partial charge in [-0.3, -0.25) is 0 Å². The second-order valence-corrected chi connectivity index (χ2v) is 7.16. The summed E-state index contributed by atoms with van der Waals surface area (Å²) < 4.78 is 5.05. The standard InChI is InChI=1S/C20H21N3O3/c1-26-19(24)18-16(13-4-2-3-12(9-13)11-21)10-15-7-8-17(18)23(15)20(25)22-14-5-6-14/h2-4,9,14-15,17H,5-8,10H2,1H3,(H,22,25)/t15-,17+/m0/s1. The van der Waals surface area contributed by atoms with Gasteiger partial charge in [-0.05, 0) is 55.4 Å². The lowest BCUT2D eigenvalue weighted by Crippen LogP contribution is -2.51. The minimum atomic E-state index is -0.392. The SMILES string of the molecule is COC(=O)C1=C(c2cccc(C#N)c2)C[C@@H]2CC[C@H]1N2C(=O)NC1CC1. The van der Waals surface area contributed by atoms with E-state index in [2.05, 4.69) is 11.4 Å². The van der Waals surface area contributed by atoms with Crippen molar-refractivity contribution in [1.82, 2.24) is 10.2 Å². The fraction of sp³-hybridized carbons (Fsp3) is 0.450. The molecular weight excluding hydrogens is 330 g/mol. The topological polar surface area (TPSA) is 82.4 Å². The van der Waals surface area contributed by atoms with Gasteiger partial charge >= 0.3 is 12.0 Å². The molecule has 2 atom stereocenters. The molecule has 2 amide bonds. The Hall–Kier alpha value is -2.81. The minimum absolute atomic E-state index is 0.0768. The number of ether oxygens (including phenoxy) is 1. The van der Waals surface area contributed by atoms with Crippen molar-refractivity contribution in [3.63, 3.8) is 0 Å². The molecule has 4 rings (SSSR count). The molecule has 26 heavy (non-hydrogen) atoms. The van der Waals surface area contributed by atoms with Crippen LogP contribution in [0.5, 0.6) is 0 Å². The molecule has 1 aliphatic carbocycles. The average molecular weight is 351 g/mol. The summed E-state index contributed by atoms with van der Waals surface area (Å²) in [5.74, 6) is -0.392. The Morgan fingerprint density at radius 2 is 2.08 bits per heavy atom. The molecule has 6 nitrogen and oxygen atoms in total. The van der Waals surface area contributed by atoms with E-state index in [0.717, 1.165) is 36.8 Å². The van der Waals surface area contributed by atoms with Crippen LogP contribution in [0.4, 0.5) is 4.79 Å². The van der Waals surface area contributed by atoms with Crippen LogP contribution in [0.25, 0.3) is 5.57 Å². The van der Waals surface area contributed by atoms with Crippen molar-refractivity contribution in [2.45, 2.75) is 50.2 Å². The zero-order valence-electron chi connectivity index (χ0n) is 14.7. The molecule has 2 bridgehead atoms. The Kier molecular flexibility index (Phi) is 4.15. The molecule has 1 aromatic carbocycles. The summed E-state index contributed by atoms with van der Waals surface area (Å²) in [7, 11) is 1.37. The largest absolute Gasteiger partial charge is 0.466 e. The van der Waals surface area contributed by atoms with Crippen molar-refractivity contribution in [2.24, 2.45) is 0 Å². The van der Waals surface area contributed by atoms with Gasteiger partial charge in [0, 0.05) is 12.1 Å². The number of carbonyl (C=O) groups is 2. The van der Waals surface area contributed by atoms with E-state index in [0.29, 0.717) is 17.6 Å². The maximum absolute atomic E-state index is 12.7. The second-order valence-electron chi connectivity index (χ2n) is 7.16. The highest BCUT2D eigenvalue weighted by molar-refractivity contribution is 6.01. The third-order valence-corrected chi connectivity index (χ3v) is 5.49. The molecule has 134 valence electrons. The summed E-state index contributed by atoms with van der Waals surface area (Å²) in [6.07, 6.45) is 4.29. The van der Waals surface area contributed by atoms with Crippen LogP contribution in [0.2, 0.25) is 0 Å². The minimum Gasteiger partial charge on any atom is -0.466 e. The number of methoxy groups -OCH3 is 1. The van der Waals surface area contributed by atoms with Gasteiger partial charge in [-0.1, -0.05) is 12.1 Å². The molecule has 0 aromatic heterocycles. The predicted octanol–water partition coefficient (Wildman–Crippen LogP) is 2.59. The van der Waals surface area contributed by atoms with Crippen LogP contribution in [0.1, 0.15) is 43.2 Å². The molecule has 2 heterocycles. The molecule has 0 spiro atoms. The van der Waals surface area contributed by atoms with Gasteiger partial charge in [0.2, 0.25) is 0 Å². The van der Waals surface area contributed by atoms with E-state index < -0.39 is 5.97 Å². The molecule has 0 radical (unpaired) electrons. The number of nitrogens with zero attached hydrogens (tertiary/aromatic N) is 2. The summed E-state index contributed by atoms with van der Waals surface area (Å²) in [6, 6.07) is 9.45. The molecule has 6 heteroatoms. The third kappa shape index (κ3) is 2.84. The number of nitrogens with one attached hydrogen (secondary N) is 1. The van der Waals surface area contributed by atoms with E-state index in [1.54, 1.807) is 12.1 Å². The van der Waals surface area contributed by atoms with Gasteiger partial charge in [0.1, 0.15) is 0 Å². The molecule has 1 aromatic rings. The van der Waals surface area contributed by atoms with Crippen molar-refractivity contribution in [3.05, 3.63) is 41.0 Å². The Morgan fingerprint density at radius 1 is 1.27 bits per heavy atom. The molecule has 1 saturated carbocycles. The smallest absolute Gasteiger partial charge is 0.336 e. The first kappa shape index (κ1) is 16.6. The number of benzene rings is 1. The number of amides is 2. The number of hydrogen-bond donors (Lipinski definition) is 1. The monoisotopic (exact) mass is 351 g/mol. The predicted molar refractivity (Wildman–Crippen MR) is 94.9 cm³/mol. The maximum Gasteiger partial charge on any atom is 0.336 e. The average Bonchev–Trinajstić information content (AvgIpc) is 3.43. The number of rotatable bonds is 3. The number of esters is 1. The third-order valence-electron chi connectivity index (χ3n) is 5.49. The lowest BCUT2D eigenvalue weighted by Gasteiger charge is -2.37. The lowest BCUT2D eigenvalue weighted by molar-refractivity contribution is -0.136. The first-order valence-electron chi connectivity index (χ1n) is 9.03. The highest BCUT2D eigenvalue weighted by Crippen LogP contribution is 2.43. The van der Waals surface area contributed by atoms with E-state index in [-0.39, 0.29) is 24.2 Å². The van der Waals surface area contributed by atoms with E-state index in [9.17, 15) is 14.9 Å². The van der Waals surface area contributed by atoms with Gasteiger partial charge in [-0.15, -0.1) is 0 Å². The summed E-state index contributed by atoms with van der Waals surface area (Å²) in [6.45, 7) is 0. The van der Waals surface area contributed by atoms with Gasteiger partial charge in [0.05, 0.1) is 30.4 Å². The normalized spacial score (nSPS) is 24.2. The fourth-order valence-corrected chi connectivity index (χ4v) is 4.12. The van der Waals surface area contributed by atoms with Crippen LogP contribution in [-0.2, 0) is 9.53 Å². The number of urea groups is 1. The molecular formula is C20H21N3O3. The highest BCUT2D eigenvalue weighted by atomic mass is 16.5. The quantitative estimate of drug-likeness (QED) is 0.849. The van der Waals surface area contributed by atoms with Gasteiger partial charge in [0.25, 0.3) is 0 Å². The van der Waals surface area contributed by atoms with Gasteiger partial charge in [0.15, 0.2) is 0 Å². The summed E-state index contributed by atoms with van der Waals surface area (Å²) in [4.78, 5) is 27.1. The Morgan fingerprint density at radius 3 is 2.77 bits per heavy atom. The van der Waals surface area contributed by atoms with Gasteiger partial charge in [-0.2, -0.15) is 5.26 Å². The van der Waals surface area contributed by atoms with Crippen LogP contribution in [0.3, 0.4) is 0 Å². The van der Waals surface area contributed by atoms with Crippen molar-refractivity contribution in [3.8, 4) is 6.07 Å².